The zero-order valence-electron chi connectivity index (χ0n) is 14.5. The summed E-state index contributed by atoms with van der Waals surface area (Å²) in [5.74, 6) is 0.856. The Bertz CT molecular complexity index is 939. The third kappa shape index (κ3) is 4.12. The summed E-state index contributed by atoms with van der Waals surface area (Å²) in [4.78, 5) is 0. The Hall–Kier alpha value is -2.44. The van der Waals surface area contributed by atoms with Crippen molar-refractivity contribution in [1.82, 2.24) is 10.3 Å². The molecule has 1 aliphatic heterocycles. The number of halogens is 1. The van der Waals surface area contributed by atoms with Crippen molar-refractivity contribution in [2.24, 2.45) is 5.10 Å². The highest BCUT2D eigenvalue weighted by Gasteiger charge is 2.33. The second kappa shape index (κ2) is 8.06. The van der Waals surface area contributed by atoms with Gasteiger partial charge in [0.1, 0.15) is 11.8 Å². The first kappa shape index (κ1) is 17.9. The Morgan fingerprint density at radius 1 is 1.11 bits per heavy atom. The van der Waals surface area contributed by atoms with Gasteiger partial charge in [0.2, 0.25) is 0 Å². The van der Waals surface area contributed by atoms with Gasteiger partial charge < -0.3 is 9.73 Å². The zero-order chi connectivity index (χ0) is 18.6. The Kier molecular flexibility index (Phi) is 5.36. The summed E-state index contributed by atoms with van der Waals surface area (Å²) in [6, 6.07) is 22.2. The highest BCUT2D eigenvalue weighted by Crippen LogP contribution is 2.33. The average molecular weight is 440 g/mol. The molecule has 0 spiro atoms. The molecule has 6 heteroatoms. The lowest BCUT2D eigenvalue weighted by Crippen LogP contribution is -2.36. The van der Waals surface area contributed by atoms with Gasteiger partial charge >= 0.3 is 0 Å². The second-order valence-electron chi connectivity index (χ2n) is 6.28. The molecule has 0 radical (unpaired) electrons. The van der Waals surface area contributed by atoms with E-state index in [4.69, 9.17) is 21.7 Å². The number of hydrogen-bond acceptors (Lipinski definition) is 3. The highest BCUT2D eigenvalue weighted by atomic mass is 79.9. The Labute approximate surface area is 172 Å². The minimum Gasteiger partial charge on any atom is -0.467 e. The minimum absolute atomic E-state index is 0.0468. The quantitative estimate of drug-likeness (QED) is 0.562. The molecule has 1 aliphatic rings. The fourth-order valence-electron chi connectivity index (χ4n) is 3.07. The molecule has 1 N–H and O–H groups in total. The molecule has 4 nitrogen and oxygen atoms in total. The average Bonchev–Trinajstić information content (AvgIpc) is 3.37. The molecule has 4 rings (SSSR count). The zero-order valence-corrected chi connectivity index (χ0v) is 16.9. The van der Waals surface area contributed by atoms with Crippen LogP contribution in [0.3, 0.4) is 0 Å². The van der Waals surface area contributed by atoms with E-state index >= 15 is 0 Å². The normalized spacial score (nSPS) is 16.3. The van der Waals surface area contributed by atoms with E-state index in [9.17, 15) is 0 Å². The van der Waals surface area contributed by atoms with Crippen LogP contribution in [0.4, 0.5) is 0 Å². The van der Waals surface area contributed by atoms with Crippen molar-refractivity contribution < 1.29 is 4.42 Å². The topological polar surface area (TPSA) is 40.8 Å². The third-order valence-corrected chi connectivity index (χ3v) is 5.31. The van der Waals surface area contributed by atoms with Crippen LogP contribution >= 0.6 is 28.1 Å². The van der Waals surface area contributed by atoms with E-state index < -0.39 is 0 Å². The first-order valence-corrected chi connectivity index (χ1v) is 9.88. The molecule has 136 valence electrons. The van der Waals surface area contributed by atoms with Gasteiger partial charge in [-0.2, -0.15) is 5.10 Å². The van der Waals surface area contributed by atoms with Gasteiger partial charge in [-0.15, -0.1) is 0 Å². The van der Waals surface area contributed by atoms with E-state index in [1.54, 1.807) is 6.26 Å². The van der Waals surface area contributed by atoms with Gasteiger partial charge in [0.25, 0.3) is 0 Å². The predicted molar refractivity (Wildman–Crippen MR) is 114 cm³/mol. The largest absolute Gasteiger partial charge is 0.467 e. The molecule has 1 atom stereocenters. The van der Waals surface area contributed by atoms with Gasteiger partial charge in [0.15, 0.2) is 5.11 Å². The summed E-state index contributed by atoms with van der Waals surface area (Å²) in [6.07, 6.45) is 2.42. The molecule has 0 saturated heterocycles. The number of nitrogens with one attached hydrogen (secondary N) is 1. The van der Waals surface area contributed by atoms with Gasteiger partial charge in [-0.1, -0.05) is 58.4 Å². The van der Waals surface area contributed by atoms with E-state index in [0.717, 1.165) is 27.9 Å². The van der Waals surface area contributed by atoms with Crippen molar-refractivity contribution in [2.75, 3.05) is 0 Å². The SMILES string of the molecule is S=C(NCc1ccccc1)N1N=C(c2ccc(Br)cc2)C[C@H]1c1ccco1. The van der Waals surface area contributed by atoms with E-state index in [0.29, 0.717) is 11.7 Å². The third-order valence-electron chi connectivity index (χ3n) is 4.45. The van der Waals surface area contributed by atoms with Crippen LogP contribution in [0.1, 0.15) is 29.3 Å². The van der Waals surface area contributed by atoms with Crippen LogP contribution in [0.25, 0.3) is 0 Å². The van der Waals surface area contributed by atoms with Crippen molar-refractivity contribution in [1.29, 1.82) is 0 Å². The first-order valence-electron chi connectivity index (χ1n) is 8.68. The summed E-state index contributed by atoms with van der Waals surface area (Å²) in [5.41, 5.74) is 3.25. The fraction of sp³-hybridized carbons (Fsp3) is 0.143. The van der Waals surface area contributed by atoms with E-state index in [-0.39, 0.29) is 6.04 Å². The molecule has 0 amide bonds. The Morgan fingerprint density at radius 2 is 1.89 bits per heavy atom. The molecular formula is C21H18BrN3OS. The molecule has 1 aromatic heterocycles. The van der Waals surface area contributed by atoms with Crippen molar-refractivity contribution in [3.05, 3.63) is 94.4 Å². The molecule has 27 heavy (non-hydrogen) atoms. The fourth-order valence-corrected chi connectivity index (χ4v) is 3.58. The van der Waals surface area contributed by atoms with Crippen molar-refractivity contribution in [3.63, 3.8) is 0 Å². The maximum absolute atomic E-state index is 5.65. The monoisotopic (exact) mass is 439 g/mol. The molecule has 0 aliphatic carbocycles. The summed E-state index contributed by atoms with van der Waals surface area (Å²) in [5, 5.41) is 10.6. The van der Waals surface area contributed by atoms with E-state index in [1.165, 1.54) is 5.56 Å². The van der Waals surface area contributed by atoms with Crippen LogP contribution in [0.2, 0.25) is 0 Å². The molecule has 0 fully saturated rings. The number of nitrogens with zero attached hydrogens (tertiary/aromatic N) is 2. The minimum atomic E-state index is -0.0468. The first-order chi connectivity index (χ1) is 13.2. The second-order valence-corrected chi connectivity index (χ2v) is 7.58. The molecule has 0 saturated carbocycles. The van der Waals surface area contributed by atoms with Gasteiger partial charge in [0.05, 0.1) is 12.0 Å². The Morgan fingerprint density at radius 3 is 2.59 bits per heavy atom. The molecule has 0 unspecified atom stereocenters. The number of hydrazone groups is 1. The van der Waals surface area contributed by atoms with Crippen molar-refractivity contribution in [3.8, 4) is 0 Å². The van der Waals surface area contributed by atoms with Gasteiger partial charge in [-0.3, -0.25) is 0 Å². The highest BCUT2D eigenvalue weighted by molar-refractivity contribution is 9.10. The van der Waals surface area contributed by atoms with Crippen molar-refractivity contribution in [2.45, 2.75) is 19.0 Å². The van der Waals surface area contributed by atoms with Gasteiger partial charge in [-0.25, -0.2) is 5.01 Å². The molecule has 2 aromatic carbocycles. The lowest BCUT2D eigenvalue weighted by molar-refractivity contribution is 0.310. The molecule has 0 bridgehead atoms. The van der Waals surface area contributed by atoms with Crippen LogP contribution in [-0.2, 0) is 6.54 Å². The summed E-state index contributed by atoms with van der Waals surface area (Å²) < 4.78 is 6.70. The lowest BCUT2D eigenvalue weighted by atomic mass is 10.0. The van der Waals surface area contributed by atoms with Gasteiger partial charge in [0, 0.05) is 17.4 Å². The van der Waals surface area contributed by atoms with Crippen LogP contribution in [0.5, 0.6) is 0 Å². The summed E-state index contributed by atoms with van der Waals surface area (Å²) in [7, 11) is 0. The molecule has 3 aromatic rings. The number of rotatable bonds is 4. The van der Waals surface area contributed by atoms with Crippen molar-refractivity contribution >= 4 is 39.0 Å². The number of hydrogen-bond donors (Lipinski definition) is 1. The lowest BCUT2D eigenvalue weighted by Gasteiger charge is -2.23. The van der Waals surface area contributed by atoms with Crippen LogP contribution in [0.15, 0.2) is 87.0 Å². The predicted octanol–water partition coefficient (Wildman–Crippen LogP) is 5.27. The van der Waals surface area contributed by atoms with Crippen LogP contribution in [-0.4, -0.2) is 15.8 Å². The molecular weight excluding hydrogens is 422 g/mol. The van der Waals surface area contributed by atoms with E-state index in [1.807, 2.05) is 47.5 Å². The van der Waals surface area contributed by atoms with E-state index in [2.05, 4.69) is 45.5 Å². The maximum Gasteiger partial charge on any atom is 0.190 e. The number of furan rings is 1. The smallest absolute Gasteiger partial charge is 0.190 e. The van der Waals surface area contributed by atoms with Gasteiger partial charge in [-0.05, 0) is 47.6 Å². The standard InChI is InChI=1S/C21H18BrN3OS/c22-17-10-8-16(9-11-17)18-13-19(20-7-4-12-26-20)25(24-18)21(27)23-14-15-5-2-1-3-6-15/h1-12,19H,13-14H2,(H,23,27)/t19-/m0/s1. The van der Waals surface area contributed by atoms with Crippen LogP contribution < -0.4 is 5.32 Å². The number of benzene rings is 2. The maximum atomic E-state index is 5.65. The Balaban J connectivity index is 1.55. The molecule has 2 heterocycles. The number of thiocarbonyl (C=S) groups is 1. The summed E-state index contributed by atoms with van der Waals surface area (Å²) >= 11 is 9.13. The van der Waals surface area contributed by atoms with Crippen LogP contribution in [0, 0.1) is 0 Å². The summed E-state index contributed by atoms with van der Waals surface area (Å²) in [6.45, 7) is 0.657.